The van der Waals surface area contributed by atoms with E-state index in [0.717, 1.165) is 63.1 Å². The Balaban J connectivity index is 1.24. The lowest BCUT2D eigenvalue weighted by Crippen LogP contribution is -2.24. The summed E-state index contributed by atoms with van der Waals surface area (Å²) < 4.78 is 123. The Labute approximate surface area is 263 Å². The van der Waals surface area contributed by atoms with Gasteiger partial charge in [-0.2, -0.15) is 22.0 Å². The van der Waals surface area contributed by atoms with Crippen LogP contribution in [0.25, 0.3) is 0 Å². The first-order valence-corrected chi connectivity index (χ1v) is 15.4. The number of benzene rings is 3. The molecule has 1 aliphatic carbocycles. The van der Waals surface area contributed by atoms with Crippen molar-refractivity contribution in [3.05, 3.63) is 101 Å². The second-order valence-corrected chi connectivity index (χ2v) is 11.6. The molecule has 0 unspecified atom stereocenters. The average molecular weight is 657 g/mol. The molecule has 4 rings (SSSR count). The Bertz CT molecular complexity index is 1440. The summed E-state index contributed by atoms with van der Waals surface area (Å²) in [6, 6.07) is 9.29. The third-order valence-corrected chi connectivity index (χ3v) is 8.20. The molecule has 0 aromatic heterocycles. The molecule has 0 atom stereocenters. The van der Waals surface area contributed by atoms with Crippen LogP contribution in [0.15, 0.2) is 66.7 Å². The van der Waals surface area contributed by atoms with E-state index in [4.69, 9.17) is 4.74 Å². The zero-order valence-corrected chi connectivity index (χ0v) is 25.4. The molecule has 3 aromatic rings. The molecule has 0 N–H and O–H groups in total. The van der Waals surface area contributed by atoms with Crippen molar-refractivity contribution in [2.24, 2.45) is 11.8 Å². The Hall–Kier alpha value is -3.76. The number of halogens is 8. The minimum absolute atomic E-state index is 0.0334. The van der Waals surface area contributed by atoms with Gasteiger partial charge in [-0.05, 0) is 73.6 Å². The maximum absolute atomic E-state index is 14.7. The van der Waals surface area contributed by atoms with Gasteiger partial charge in [-0.15, -0.1) is 0 Å². The molecule has 46 heavy (non-hydrogen) atoms. The first kappa shape index (κ1) is 35.1. The average Bonchev–Trinajstić information content (AvgIpc) is 3.01. The van der Waals surface area contributed by atoms with Crippen molar-refractivity contribution < 1.29 is 49.3 Å². The molecule has 0 spiro atoms. The van der Waals surface area contributed by atoms with E-state index in [-0.39, 0.29) is 23.8 Å². The quantitative estimate of drug-likeness (QED) is 0.0926. The van der Waals surface area contributed by atoms with Crippen LogP contribution in [0.5, 0.6) is 17.2 Å². The Morgan fingerprint density at radius 3 is 1.91 bits per heavy atom. The number of rotatable bonds is 15. The molecular formula is C35H36F8O3. The van der Waals surface area contributed by atoms with Crippen LogP contribution in [0, 0.1) is 29.3 Å². The zero-order chi connectivity index (χ0) is 33.3. The standard InChI is InChI=1S/C35H36F8O3/c1-2-3-4-5-22-6-8-23(9-7-22)10-11-24-12-14-25(15-13-24)21-44-26-16-17-28(29(36)18-26)35(42,43)46-27-19-30(37)32(31(38)20-27)45-34(41)33(39)40/h6-9,16-20,24-25H,2-5,10-15,21H2,1H3. The normalized spacial score (nSPS) is 16.6. The summed E-state index contributed by atoms with van der Waals surface area (Å²) in [6.45, 7) is 2.50. The topological polar surface area (TPSA) is 27.7 Å². The maximum atomic E-state index is 14.7. The Morgan fingerprint density at radius 2 is 1.33 bits per heavy atom. The lowest BCUT2D eigenvalue weighted by Gasteiger charge is -2.28. The van der Waals surface area contributed by atoms with Crippen molar-refractivity contribution in [1.82, 2.24) is 0 Å². The fraction of sp³-hybridized carbons (Fsp3) is 0.429. The third kappa shape index (κ3) is 9.87. The van der Waals surface area contributed by atoms with Gasteiger partial charge in [0.2, 0.25) is 5.75 Å². The molecule has 3 nitrogen and oxygen atoms in total. The summed E-state index contributed by atoms with van der Waals surface area (Å²) in [6.07, 6.45) is 3.54. The smallest absolute Gasteiger partial charge is 0.429 e. The van der Waals surface area contributed by atoms with Crippen LogP contribution in [0.3, 0.4) is 0 Å². The van der Waals surface area contributed by atoms with E-state index in [1.54, 1.807) is 0 Å². The molecule has 0 radical (unpaired) electrons. The summed E-state index contributed by atoms with van der Waals surface area (Å²) in [5.41, 5.74) is 1.49. The minimum Gasteiger partial charge on any atom is -0.493 e. The molecular weight excluding hydrogens is 620 g/mol. The van der Waals surface area contributed by atoms with E-state index >= 15 is 0 Å². The number of hydrogen-bond donors (Lipinski definition) is 0. The molecule has 0 amide bonds. The predicted molar refractivity (Wildman–Crippen MR) is 157 cm³/mol. The number of alkyl halides is 2. The molecule has 1 aliphatic rings. The largest absolute Gasteiger partial charge is 0.493 e. The molecule has 1 fully saturated rings. The molecule has 250 valence electrons. The Kier molecular flexibility index (Phi) is 12.3. The number of unbranched alkanes of at least 4 members (excludes halogenated alkanes) is 2. The third-order valence-electron chi connectivity index (χ3n) is 8.20. The fourth-order valence-electron chi connectivity index (χ4n) is 5.57. The predicted octanol–water partition coefficient (Wildman–Crippen LogP) is 11.2. The first-order chi connectivity index (χ1) is 21.9. The van der Waals surface area contributed by atoms with Crippen molar-refractivity contribution in [1.29, 1.82) is 0 Å². The van der Waals surface area contributed by atoms with Crippen molar-refractivity contribution in [2.45, 2.75) is 77.2 Å². The van der Waals surface area contributed by atoms with E-state index in [0.29, 0.717) is 12.5 Å². The lowest BCUT2D eigenvalue weighted by atomic mass is 9.80. The summed E-state index contributed by atoms with van der Waals surface area (Å²) in [7, 11) is 0. The highest BCUT2D eigenvalue weighted by Crippen LogP contribution is 2.38. The summed E-state index contributed by atoms with van der Waals surface area (Å²) in [4.78, 5) is 0. The van der Waals surface area contributed by atoms with Crippen LogP contribution in [0.2, 0.25) is 0 Å². The van der Waals surface area contributed by atoms with Crippen LogP contribution in [-0.2, 0) is 19.0 Å². The van der Waals surface area contributed by atoms with Gasteiger partial charge in [0.15, 0.2) is 11.6 Å². The van der Waals surface area contributed by atoms with E-state index in [1.165, 1.54) is 30.4 Å². The van der Waals surface area contributed by atoms with Crippen molar-refractivity contribution >= 4 is 0 Å². The Morgan fingerprint density at radius 1 is 0.739 bits per heavy atom. The van der Waals surface area contributed by atoms with E-state index < -0.39 is 52.7 Å². The van der Waals surface area contributed by atoms with Crippen LogP contribution in [-0.4, -0.2) is 6.61 Å². The van der Waals surface area contributed by atoms with Gasteiger partial charge in [0.25, 0.3) is 0 Å². The second-order valence-electron chi connectivity index (χ2n) is 11.6. The molecule has 11 heteroatoms. The van der Waals surface area contributed by atoms with Crippen molar-refractivity contribution in [3.8, 4) is 17.2 Å². The molecule has 1 saturated carbocycles. The summed E-state index contributed by atoms with van der Waals surface area (Å²) in [5.74, 6) is -6.82. The molecule has 0 bridgehead atoms. The van der Waals surface area contributed by atoms with Gasteiger partial charge in [0.05, 0.1) is 6.61 Å². The maximum Gasteiger partial charge on any atom is 0.429 e. The number of ether oxygens (including phenoxy) is 3. The van der Waals surface area contributed by atoms with Gasteiger partial charge in [-0.1, -0.05) is 56.9 Å². The fourth-order valence-corrected chi connectivity index (χ4v) is 5.57. The minimum atomic E-state index is -4.39. The van der Waals surface area contributed by atoms with Crippen LogP contribution in [0.1, 0.15) is 75.0 Å². The van der Waals surface area contributed by atoms with Gasteiger partial charge in [-0.3, -0.25) is 0 Å². The van der Waals surface area contributed by atoms with Crippen LogP contribution in [0.4, 0.5) is 35.1 Å². The molecule has 3 aromatic carbocycles. The number of hydrogen-bond acceptors (Lipinski definition) is 3. The van der Waals surface area contributed by atoms with Crippen LogP contribution >= 0.6 is 0 Å². The highest BCUT2D eigenvalue weighted by atomic mass is 19.3. The second kappa shape index (κ2) is 16.2. The van der Waals surface area contributed by atoms with Crippen LogP contribution < -0.4 is 14.2 Å². The van der Waals surface area contributed by atoms with Gasteiger partial charge < -0.3 is 14.2 Å². The van der Waals surface area contributed by atoms with Gasteiger partial charge in [0.1, 0.15) is 22.9 Å². The zero-order valence-electron chi connectivity index (χ0n) is 25.4. The van der Waals surface area contributed by atoms with Crippen molar-refractivity contribution in [3.63, 3.8) is 0 Å². The number of aryl methyl sites for hydroxylation is 2. The SMILES string of the molecule is CCCCCc1ccc(CCC2CCC(COc3ccc(C(F)(F)Oc4cc(F)c(OC(F)=C(F)F)c(F)c4)c(F)c3)CC2)cc1. The van der Waals surface area contributed by atoms with Gasteiger partial charge in [-0.25, -0.2) is 13.2 Å². The highest BCUT2D eigenvalue weighted by molar-refractivity contribution is 5.37. The molecule has 0 heterocycles. The highest BCUT2D eigenvalue weighted by Gasteiger charge is 2.38. The summed E-state index contributed by atoms with van der Waals surface area (Å²) >= 11 is 0. The molecule has 0 aliphatic heterocycles. The van der Waals surface area contributed by atoms with E-state index in [2.05, 4.69) is 40.7 Å². The lowest BCUT2D eigenvalue weighted by molar-refractivity contribution is -0.187. The van der Waals surface area contributed by atoms with Gasteiger partial charge >= 0.3 is 18.2 Å². The van der Waals surface area contributed by atoms with Crippen molar-refractivity contribution in [2.75, 3.05) is 6.61 Å². The van der Waals surface area contributed by atoms with E-state index in [1.807, 2.05) is 0 Å². The summed E-state index contributed by atoms with van der Waals surface area (Å²) in [5, 5.41) is 0. The first-order valence-electron chi connectivity index (χ1n) is 15.4. The molecule has 0 saturated heterocycles. The van der Waals surface area contributed by atoms with Gasteiger partial charge in [0, 0.05) is 18.2 Å². The monoisotopic (exact) mass is 656 g/mol. The van der Waals surface area contributed by atoms with E-state index in [9.17, 15) is 35.1 Å².